The molecule has 3 heteroatoms. The number of amides is 1. The third-order valence-corrected chi connectivity index (χ3v) is 3.83. The molecular weight excluding hydrogens is 224 g/mol. The van der Waals surface area contributed by atoms with E-state index in [-0.39, 0.29) is 17.2 Å². The molecule has 0 bridgehead atoms. The van der Waals surface area contributed by atoms with Crippen LogP contribution in [0.15, 0.2) is 0 Å². The minimum absolute atomic E-state index is 0.00875. The minimum atomic E-state index is -0.00875. The fourth-order valence-corrected chi connectivity index (χ4v) is 2.85. The highest BCUT2D eigenvalue weighted by molar-refractivity contribution is 5.79. The topological polar surface area (TPSA) is 46.3 Å². The standard InChI is InChI=1S/C15H30N2O/c1-12-8-6-5-7-9-17(12)14(18)13(11-16)10-15(2,3)4/h12-13H,5-11,16H2,1-4H3. The van der Waals surface area contributed by atoms with Crippen molar-refractivity contribution in [1.82, 2.24) is 4.90 Å². The van der Waals surface area contributed by atoms with Crippen LogP contribution in [0, 0.1) is 11.3 Å². The second kappa shape index (κ2) is 6.55. The third kappa shape index (κ3) is 4.60. The number of carbonyl (C=O) groups is 1. The van der Waals surface area contributed by atoms with Crippen molar-refractivity contribution >= 4 is 5.91 Å². The Morgan fingerprint density at radius 2 is 2.00 bits per heavy atom. The van der Waals surface area contributed by atoms with Gasteiger partial charge in [-0.2, -0.15) is 0 Å². The van der Waals surface area contributed by atoms with Gasteiger partial charge in [-0.15, -0.1) is 0 Å². The Hall–Kier alpha value is -0.570. The number of nitrogens with two attached hydrogens (primary N) is 1. The molecule has 2 N–H and O–H groups in total. The molecule has 1 fully saturated rings. The van der Waals surface area contributed by atoms with Crippen LogP contribution >= 0.6 is 0 Å². The normalized spacial score (nSPS) is 23.6. The monoisotopic (exact) mass is 254 g/mol. The van der Waals surface area contributed by atoms with Gasteiger partial charge < -0.3 is 10.6 Å². The number of hydrogen-bond acceptors (Lipinski definition) is 2. The SMILES string of the molecule is CC1CCCCCN1C(=O)C(CN)CC(C)(C)C. The van der Waals surface area contributed by atoms with Gasteiger partial charge >= 0.3 is 0 Å². The van der Waals surface area contributed by atoms with E-state index in [1.165, 1.54) is 12.8 Å². The van der Waals surface area contributed by atoms with Gasteiger partial charge in [0.25, 0.3) is 0 Å². The molecule has 1 rings (SSSR count). The fourth-order valence-electron chi connectivity index (χ4n) is 2.85. The van der Waals surface area contributed by atoms with Crippen LogP contribution in [0.5, 0.6) is 0 Å². The zero-order valence-corrected chi connectivity index (χ0v) is 12.5. The average Bonchev–Trinajstić information content (AvgIpc) is 2.48. The lowest BCUT2D eigenvalue weighted by Crippen LogP contribution is -2.44. The first-order valence-corrected chi connectivity index (χ1v) is 7.35. The van der Waals surface area contributed by atoms with Crippen LogP contribution in [-0.4, -0.2) is 29.9 Å². The number of likely N-dealkylation sites (tertiary alicyclic amines) is 1. The highest BCUT2D eigenvalue weighted by atomic mass is 16.2. The molecule has 1 saturated heterocycles. The van der Waals surface area contributed by atoms with Crippen molar-refractivity contribution in [2.75, 3.05) is 13.1 Å². The van der Waals surface area contributed by atoms with E-state index in [1.54, 1.807) is 0 Å². The first kappa shape index (κ1) is 15.5. The summed E-state index contributed by atoms with van der Waals surface area (Å²) >= 11 is 0. The summed E-state index contributed by atoms with van der Waals surface area (Å²) in [6.45, 7) is 10.1. The summed E-state index contributed by atoms with van der Waals surface area (Å²) in [5.74, 6) is 0.271. The van der Waals surface area contributed by atoms with Gasteiger partial charge in [-0.05, 0) is 31.6 Å². The number of hydrogen-bond donors (Lipinski definition) is 1. The molecule has 18 heavy (non-hydrogen) atoms. The van der Waals surface area contributed by atoms with Crippen LogP contribution in [0.25, 0.3) is 0 Å². The van der Waals surface area contributed by atoms with Crippen LogP contribution in [0.4, 0.5) is 0 Å². The van der Waals surface area contributed by atoms with Crippen LogP contribution < -0.4 is 5.73 Å². The molecule has 3 nitrogen and oxygen atoms in total. The average molecular weight is 254 g/mol. The Balaban J connectivity index is 2.69. The molecular formula is C15H30N2O. The summed E-state index contributed by atoms with van der Waals surface area (Å²) in [5.41, 5.74) is 5.99. The Labute approximate surface area is 112 Å². The molecule has 1 heterocycles. The van der Waals surface area contributed by atoms with Crippen molar-refractivity contribution in [2.45, 2.75) is 65.8 Å². The molecule has 1 aliphatic heterocycles. The van der Waals surface area contributed by atoms with Gasteiger partial charge in [-0.25, -0.2) is 0 Å². The van der Waals surface area contributed by atoms with E-state index in [2.05, 4.69) is 32.6 Å². The summed E-state index contributed by atoms with van der Waals surface area (Å²) in [4.78, 5) is 14.7. The van der Waals surface area contributed by atoms with Gasteiger partial charge in [0.05, 0.1) is 5.92 Å². The molecule has 0 aromatic heterocycles. The second-order valence-electron chi connectivity index (χ2n) is 6.93. The van der Waals surface area contributed by atoms with Gasteiger partial charge in [0.2, 0.25) is 5.91 Å². The maximum Gasteiger partial charge on any atom is 0.227 e. The molecule has 106 valence electrons. The largest absolute Gasteiger partial charge is 0.340 e. The predicted octanol–water partition coefficient (Wildman–Crippen LogP) is 2.79. The van der Waals surface area contributed by atoms with Crippen LogP contribution in [0.2, 0.25) is 0 Å². The van der Waals surface area contributed by atoms with Crippen LogP contribution in [0.3, 0.4) is 0 Å². The summed E-state index contributed by atoms with van der Waals surface area (Å²) in [6, 6.07) is 0.383. The van der Waals surface area contributed by atoms with Gasteiger partial charge in [-0.3, -0.25) is 4.79 Å². The molecule has 0 aromatic rings. The van der Waals surface area contributed by atoms with Crippen molar-refractivity contribution in [3.05, 3.63) is 0 Å². The minimum Gasteiger partial charge on any atom is -0.340 e. The molecule has 0 saturated carbocycles. The summed E-state index contributed by atoms with van der Waals surface area (Å²) in [6.07, 6.45) is 5.66. The molecule has 1 amide bonds. The zero-order chi connectivity index (χ0) is 13.8. The molecule has 0 aromatic carbocycles. The van der Waals surface area contributed by atoms with Gasteiger partial charge in [-0.1, -0.05) is 33.6 Å². The van der Waals surface area contributed by atoms with Gasteiger partial charge in [0.15, 0.2) is 0 Å². The molecule has 1 aliphatic rings. The Morgan fingerprint density at radius 1 is 1.33 bits per heavy atom. The van der Waals surface area contributed by atoms with E-state index < -0.39 is 0 Å². The second-order valence-corrected chi connectivity index (χ2v) is 6.93. The van der Waals surface area contributed by atoms with E-state index in [9.17, 15) is 4.79 Å². The zero-order valence-electron chi connectivity index (χ0n) is 12.5. The highest BCUT2D eigenvalue weighted by Crippen LogP contribution is 2.27. The molecule has 0 radical (unpaired) electrons. The molecule has 2 unspecified atom stereocenters. The highest BCUT2D eigenvalue weighted by Gasteiger charge is 2.30. The maximum atomic E-state index is 12.6. The summed E-state index contributed by atoms with van der Waals surface area (Å²) < 4.78 is 0. The third-order valence-electron chi connectivity index (χ3n) is 3.83. The Bertz CT molecular complexity index is 270. The van der Waals surface area contributed by atoms with Crippen LogP contribution in [0.1, 0.15) is 59.8 Å². The molecule has 0 spiro atoms. The molecule has 2 atom stereocenters. The Kier molecular flexibility index (Phi) is 5.64. The van der Waals surface area contributed by atoms with E-state index in [0.29, 0.717) is 12.6 Å². The van der Waals surface area contributed by atoms with Crippen molar-refractivity contribution in [1.29, 1.82) is 0 Å². The van der Waals surface area contributed by atoms with Gasteiger partial charge in [0.1, 0.15) is 0 Å². The first-order valence-electron chi connectivity index (χ1n) is 7.35. The Morgan fingerprint density at radius 3 is 2.56 bits per heavy atom. The van der Waals surface area contributed by atoms with E-state index in [4.69, 9.17) is 5.73 Å². The maximum absolute atomic E-state index is 12.6. The van der Waals surface area contributed by atoms with Crippen molar-refractivity contribution < 1.29 is 4.79 Å². The first-order chi connectivity index (χ1) is 8.35. The van der Waals surface area contributed by atoms with Crippen molar-refractivity contribution in [3.63, 3.8) is 0 Å². The lowest BCUT2D eigenvalue weighted by atomic mass is 9.84. The summed E-state index contributed by atoms with van der Waals surface area (Å²) in [7, 11) is 0. The lowest BCUT2D eigenvalue weighted by Gasteiger charge is -2.33. The van der Waals surface area contributed by atoms with E-state index >= 15 is 0 Å². The number of nitrogens with zero attached hydrogens (tertiary/aromatic N) is 1. The quantitative estimate of drug-likeness (QED) is 0.842. The van der Waals surface area contributed by atoms with Crippen molar-refractivity contribution in [3.8, 4) is 0 Å². The fraction of sp³-hybridized carbons (Fsp3) is 0.933. The number of rotatable bonds is 3. The number of carbonyl (C=O) groups excluding carboxylic acids is 1. The predicted molar refractivity (Wildman–Crippen MR) is 76.3 cm³/mol. The van der Waals surface area contributed by atoms with Gasteiger partial charge in [0, 0.05) is 19.1 Å². The lowest BCUT2D eigenvalue weighted by molar-refractivity contribution is -0.138. The van der Waals surface area contributed by atoms with Crippen molar-refractivity contribution in [2.24, 2.45) is 17.1 Å². The van der Waals surface area contributed by atoms with E-state index in [0.717, 1.165) is 25.8 Å². The smallest absolute Gasteiger partial charge is 0.227 e. The summed E-state index contributed by atoms with van der Waals surface area (Å²) in [5, 5.41) is 0. The van der Waals surface area contributed by atoms with Crippen LogP contribution in [-0.2, 0) is 4.79 Å². The molecule has 0 aliphatic carbocycles. The van der Waals surface area contributed by atoms with E-state index in [1.807, 2.05) is 0 Å².